The summed E-state index contributed by atoms with van der Waals surface area (Å²) in [5.74, 6) is 1.09. The fraction of sp³-hybridized carbons (Fsp3) is 0.250. The van der Waals surface area contributed by atoms with E-state index < -0.39 is 0 Å². The minimum Gasteiger partial charge on any atom is -0.378 e. The van der Waals surface area contributed by atoms with E-state index in [-0.39, 0.29) is 5.82 Å². The molecule has 144 valence electrons. The lowest BCUT2D eigenvalue weighted by Gasteiger charge is -2.27. The van der Waals surface area contributed by atoms with E-state index in [1.165, 1.54) is 17.7 Å². The van der Waals surface area contributed by atoms with Gasteiger partial charge in [-0.3, -0.25) is 0 Å². The maximum Gasteiger partial charge on any atom is 0.233 e. The summed E-state index contributed by atoms with van der Waals surface area (Å²) in [7, 11) is 0. The molecule has 0 saturated carbocycles. The number of anilines is 5. The zero-order valence-corrected chi connectivity index (χ0v) is 15.5. The predicted octanol–water partition coefficient (Wildman–Crippen LogP) is 3.64. The molecule has 0 bridgehead atoms. The van der Waals surface area contributed by atoms with E-state index >= 15 is 0 Å². The molecular weight excluding hydrogens is 359 g/mol. The Morgan fingerprint density at radius 2 is 1.36 bits per heavy atom. The molecule has 0 unspecified atom stereocenters. The van der Waals surface area contributed by atoms with Crippen LogP contribution in [0.25, 0.3) is 0 Å². The van der Waals surface area contributed by atoms with Gasteiger partial charge in [0.2, 0.25) is 17.8 Å². The van der Waals surface area contributed by atoms with Crippen molar-refractivity contribution < 1.29 is 9.13 Å². The van der Waals surface area contributed by atoms with Gasteiger partial charge in [0.1, 0.15) is 5.82 Å². The predicted molar refractivity (Wildman–Crippen MR) is 107 cm³/mol. The summed E-state index contributed by atoms with van der Waals surface area (Å²) in [6.45, 7) is 4.72. The number of nitrogens with zero attached hydrogens (tertiary/aromatic N) is 4. The first-order chi connectivity index (χ1) is 13.7. The summed E-state index contributed by atoms with van der Waals surface area (Å²) in [4.78, 5) is 15.6. The smallest absolute Gasteiger partial charge is 0.233 e. The first-order valence-corrected chi connectivity index (χ1v) is 9.11. The number of aryl methyl sites for hydroxylation is 1. The van der Waals surface area contributed by atoms with Gasteiger partial charge in [-0.2, -0.15) is 15.0 Å². The van der Waals surface area contributed by atoms with Gasteiger partial charge in [-0.15, -0.1) is 0 Å². The molecule has 2 heterocycles. The Morgan fingerprint density at radius 3 is 1.93 bits per heavy atom. The van der Waals surface area contributed by atoms with Crippen molar-refractivity contribution in [2.75, 3.05) is 41.8 Å². The van der Waals surface area contributed by atoms with Crippen molar-refractivity contribution >= 4 is 29.2 Å². The summed E-state index contributed by atoms with van der Waals surface area (Å²) >= 11 is 0. The third-order valence-corrected chi connectivity index (χ3v) is 4.33. The van der Waals surface area contributed by atoms with Crippen molar-refractivity contribution in [3.05, 3.63) is 59.9 Å². The first kappa shape index (κ1) is 18.1. The number of benzene rings is 2. The van der Waals surface area contributed by atoms with Crippen LogP contribution in [0.2, 0.25) is 0 Å². The van der Waals surface area contributed by atoms with Crippen LogP contribution in [0.5, 0.6) is 0 Å². The van der Waals surface area contributed by atoms with Gasteiger partial charge in [0.25, 0.3) is 0 Å². The summed E-state index contributed by atoms with van der Waals surface area (Å²) in [6.07, 6.45) is 0. The maximum absolute atomic E-state index is 13.2. The molecule has 2 aromatic carbocycles. The largest absolute Gasteiger partial charge is 0.378 e. The highest BCUT2D eigenvalue weighted by Crippen LogP contribution is 2.21. The van der Waals surface area contributed by atoms with Crippen LogP contribution in [0.1, 0.15) is 5.56 Å². The van der Waals surface area contributed by atoms with Crippen LogP contribution >= 0.6 is 0 Å². The Kier molecular flexibility index (Phi) is 5.29. The summed E-state index contributed by atoms with van der Waals surface area (Å²) < 4.78 is 18.6. The summed E-state index contributed by atoms with van der Waals surface area (Å²) in [6, 6.07) is 14.0. The Bertz CT molecular complexity index is 861. The molecule has 0 spiro atoms. The summed E-state index contributed by atoms with van der Waals surface area (Å²) in [5.41, 5.74) is 2.76. The van der Waals surface area contributed by atoms with Gasteiger partial charge in [-0.05, 0) is 43.3 Å². The topological polar surface area (TPSA) is 75.2 Å². The average Bonchev–Trinajstić information content (AvgIpc) is 2.72. The second-order valence-electron chi connectivity index (χ2n) is 6.50. The molecule has 4 rings (SSSR count). The number of ether oxygens (including phenoxy) is 1. The van der Waals surface area contributed by atoms with Gasteiger partial charge < -0.3 is 20.3 Å². The van der Waals surface area contributed by atoms with Crippen molar-refractivity contribution in [3.8, 4) is 0 Å². The number of morpholine rings is 1. The molecule has 28 heavy (non-hydrogen) atoms. The van der Waals surface area contributed by atoms with E-state index in [2.05, 4.69) is 30.5 Å². The number of aromatic nitrogens is 3. The van der Waals surface area contributed by atoms with E-state index in [9.17, 15) is 4.39 Å². The van der Waals surface area contributed by atoms with Crippen molar-refractivity contribution in [3.63, 3.8) is 0 Å². The first-order valence-electron chi connectivity index (χ1n) is 9.11. The second kappa shape index (κ2) is 8.18. The van der Waals surface area contributed by atoms with Crippen molar-refractivity contribution in [1.29, 1.82) is 0 Å². The Morgan fingerprint density at radius 1 is 0.821 bits per heavy atom. The van der Waals surface area contributed by atoms with Crippen LogP contribution < -0.4 is 15.5 Å². The van der Waals surface area contributed by atoms with Gasteiger partial charge in [-0.1, -0.05) is 17.7 Å². The van der Waals surface area contributed by atoms with Crippen LogP contribution in [-0.2, 0) is 4.74 Å². The van der Waals surface area contributed by atoms with E-state index in [0.29, 0.717) is 49.8 Å². The lowest BCUT2D eigenvalue weighted by Crippen LogP contribution is -2.37. The van der Waals surface area contributed by atoms with Gasteiger partial charge in [0, 0.05) is 24.5 Å². The summed E-state index contributed by atoms with van der Waals surface area (Å²) in [5, 5.41) is 6.34. The molecular formula is C20H21FN6O. The normalized spacial score (nSPS) is 14.0. The highest BCUT2D eigenvalue weighted by Gasteiger charge is 2.17. The van der Waals surface area contributed by atoms with E-state index in [1.807, 2.05) is 31.2 Å². The molecule has 1 aliphatic rings. The van der Waals surface area contributed by atoms with Crippen LogP contribution in [0, 0.1) is 12.7 Å². The van der Waals surface area contributed by atoms with E-state index in [1.54, 1.807) is 12.1 Å². The molecule has 0 aliphatic carbocycles. The molecule has 0 amide bonds. The highest BCUT2D eigenvalue weighted by atomic mass is 19.1. The monoisotopic (exact) mass is 380 g/mol. The van der Waals surface area contributed by atoms with Gasteiger partial charge >= 0.3 is 0 Å². The van der Waals surface area contributed by atoms with E-state index in [0.717, 1.165) is 5.69 Å². The third kappa shape index (κ3) is 4.52. The number of hydrogen-bond acceptors (Lipinski definition) is 7. The number of rotatable bonds is 5. The molecule has 8 heteroatoms. The van der Waals surface area contributed by atoms with Crippen LogP contribution in [0.4, 0.5) is 33.6 Å². The van der Waals surface area contributed by atoms with Crippen molar-refractivity contribution in [1.82, 2.24) is 15.0 Å². The molecule has 0 radical (unpaired) electrons. The number of halogens is 1. The molecule has 1 saturated heterocycles. The van der Waals surface area contributed by atoms with Gasteiger partial charge in [0.15, 0.2) is 0 Å². The SMILES string of the molecule is Cc1ccc(Nc2nc(Nc3ccc(F)cc3)nc(N3CCOCC3)n2)cc1. The Balaban J connectivity index is 1.63. The minimum atomic E-state index is -0.295. The Hall–Kier alpha value is -3.26. The number of nitrogens with one attached hydrogen (secondary N) is 2. The lowest BCUT2D eigenvalue weighted by molar-refractivity contribution is 0.122. The molecule has 2 N–H and O–H groups in total. The average molecular weight is 380 g/mol. The van der Waals surface area contributed by atoms with Crippen LogP contribution in [-0.4, -0.2) is 41.3 Å². The zero-order chi connectivity index (χ0) is 19.3. The third-order valence-electron chi connectivity index (χ3n) is 4.33. The molecule has 0 atom stereocenters. The standard InChI is InChI=1S/C20H21FN6O/c1-14-2-6-16(7-3-14)22-18-24-19(23-17-8-4-15(21)5-9-17)26-20(25-18)27-10-12-28-13-11-27/h2-9H,10-13H2,1H3,(H2,22,23,24,25,26). The van der Waals surface area contributed by atoms with Crippen LogP contribution in [0.3, 0.4) is 0 Å². The number of hydrogen-bond donors (Lipinski definition) is 2. The molecule has 3 aromatic rings. The molecule has 1 aliphatic heterocycles. The fourth-order valence-electron chi connectivity index (χ4n) is 2.81. The zero-order valence-electron chi connectivity index (χ0n) is 15.5. The van der Waals surface area contributed by atoms with Crippen LogP contribution in [0.15, 0.2) is 48.5 Å². The van der Waals surface area contributed by atoms with Crippen molar-refractivity contribution in [2.24, 2.45) is 0 Å². The van der Waals surface area contributed by atoms with Crippen molar-refractivity contribution in [2.45, 2.75) is 6.92 Å². The Labute approximate surface area is 162 Å². The highest BCUT2D eigenvalue weighted by molar-refractivity contribution is 5.59. The fourth-order valence-corrected chi connectivity index (χ4v) is 2.81. The second-order valence-corrected chi connectivity index (χ2v) is 6.50. The molecule has 7 nitrogen and oxygen atoms in total. The lowest BCUT2D eigenvalue weighted by atomic mass is 10.2. The van der Waals surface area contributed by atoms with Gasteiger partial charge in [-0.25, -0.2) is 4.39 Å². The minimum absolute atomic E-state index is 0.295. The molecule has 1 fully saturated rings. The molecule has 1 aromatic heterocycles. The van der Waals surface area contributed by atoms with E-state index in [4.69, 9.17) is 4.74 Å². The van der Waals surface area contributed by atoms with Gasteiger partial charge in [0.05, 0.1) is 13.2 Å². The quantitative estimate of drug-likeness (QED) is 0.700. The maximum atomic E-state index is 13.2.